The van der Waals surface area contributed by atoms with Crippen LogP contribution < -0.4 is 10.5 Å². The van der Waals surface area contributed by atoms with Crippen LogP contribution in [0.5, 0.6) is 11.5 Å². The Morgan fingerprint density at radius 1 is 1.10 bits per heavy atom. The molecule has 3 N–H and O–H groups in total. The van der Waals surface area contributed by atoms with E-state index in [-0.39, 0.29) is 18.8 Å². The van der Waals surface area contributed by atoms with Crippen molar-refractivity contribution < 1.29 is 14.6 Å². The Kier molecular flexibility index (Phi) is 6.03. The number of rotatable bonds is 5. The van der Waals surface area contributed by atoms with Crippen LogP contribution in [-0.2, 0) is 4.79 Å². The molecule has 0 amide bonds. The van der Waals surface area contributed by atoms with Gasteiger partial charge in [-0.25, -0.2) is 0 Å². The highest BCUT2D eigenvalue weighted by Gasteiger charge is 2.11. The molecule has 2 aromatic carbocycles. The molecule has 0 saturated heterocycles. The lowest BCUT2D eigenvalue weighted by Gasteiger charge is -2.11. The van der Waals surface area contributed by atoms with Crippen molar-refractivity contribution >= 4 is 18.4 Å². The molecule has 106 valence electrons. The van der Waals surface area contributed by atoms with Crippen molar-refractivity contribution in [2.24, 2.45) is 5.73 Å². The predicted octanol–water partition coefficient (Wildman–Crippen LogP) is 3.38. The van der Waals surface area contributed by atoms with E-state index in [9.17, 15) is 4.79 Å². The Morgan fingerprint density at radius 3 is 2.40 bits per heavy atom. The molecule has 0 heterocycles. The van der Waals surface area contributed by atoms with E-state index in [0.717, 1.165) is 11.3 Å². The molecule has 0 aliphatic rings. The smallest absolute Gasteiger partial charge is 0.305 e. The van der Waals surface area contributed by atoms with Gasteiger partial charge in [0.1, 0.15) is 11.5 Å². The average molecular weight is 294 g/mol. The first kappa shape index (κ1) is 16.0. The van der Waals surface area contributed by atoms with Gasteiger partial charge in [-0.3, -0.25) is 4.79 Å². The first-order chi connectivity index (χ1) is 9.15. The van der Waals surface area contributed by atoms with Gasteiger partial charge in [0.15, 0.2) is 0 Å². The minimum absolute atomic E-state index is 0. The maximum absolute atomic E-state index is 10.6. The maximum Gasteiger partial charge on any atom is 0.305 e. The molecule has 0 aromatic heterocycles. The maximum atomic E-state index is 10.6. The number of carboxylic acid groups (broad SMARTS) is 1. The topological polar surface area (TPSA) is 72.6 Å². The summed E-state index contributed by atoms with van der Waals surface area (Å²) in [6, 6.07) is 16.0. The number of carbonyl (C=O) groups is 1. The van der Waals surface area contributed by atoms with Crippen LogP contribution in [0.15, 0.2) is 54.6 Å². The van der Waals surface area contributed by atoms with Crippen molar-refractivity contribution in [2.75, 3.05) is 0 Å². The van der Waals surface area contributed by atoms with Crippen LogP contribution in [0, 0.1) is 0 Å². The number of para-hydroxylation sites is 1. The van der Waals surface area contributed by atoms with Gasteiger partial charge in [-0.2, -0.15) is 0 Å². The molecule has 0 unspecified atom stereocenters. The van der Waals surface area contributed by atoms with Crippen LogP contribution in [0.2, 0.25) is 0 Å². The lowest BCUT2D eigenvalue weighted by atomic mass is 10.0. The van der Waals surface area contributed by atoms with E-state index in [0.29, 0.717) is 5.75 Å². The standard InChI is InChI=1S/C15H15NO3.ClH/c16-14(10-15(17)18)11-5-4-8-13(9-11)19-12-6-2-1-3-7-12;/h1-9,14H,10,16H2,(H,17,18);1H/t14-;/m1./s1. The van der Waals surface area contributed by atoms with Crippen LogP contribution >= 0.6 is 12.4 Å². The minimum Gasteiger partial charge on any atom is -0.481 e. The van der Waals surface area contributed by atoms with Crippen molar-refractivity contribution in [1.29, 1.82) is 0 Å². The molecule has 0 spiro atoms. The number of hydrogen-bond acceptors (Lipinski definition) is 3. The van der Waals surface area contributed by atoms with E-state index in [1.165, 1.54) is 0 Å². The van der Waals surface area contributed by atoms with E-state index >= 15 is 0 Å². The van der Waals surface area contributed by atoms with Crippen LogP contribution in [0.1, 0.15) is 18.0 Å². The zero-order chi connectivity index (χ0) is 13.7. The molecule has 20 heavy (non-hydrogen) atoms. The molecular formula is C15H16ClNO3. The van der Waals surface area contributed by atoms with Gasteiger partial charge in [-0.1, -0.05) is 30.3 Å². The highest BCUT2D eigenvalue weighted by molar-refractivity contribution is 5.85. The van der Waals surface area contributed by atoms with Crippen LogP contribution in [0.4, 0.5) is 0 Å². The summed E-state index contributed by atoms with van der Waals surface area (Å²) in [7, 11) is 0. The summed E-state index contributed by atoms with van der Waals surface area (Å²) in [5.41, 5.74) is 6.57. The molecular weight excluding hydrogens is 278 g/mol. The van der Waals surface area contributed by atoms with Crippen molar-refractivity contribution in [3.8, 4) is 11.5 Å². The summed E-state index contributed by atoms with van der Waals surface area (Å²) in [5, 5.41) is 8.74. The summed E-state index contributed by atoms with van der Waals surface area (Å²) < 4.78 is 5.67. The van der Waals surface area contributed by atoms with Crippen LogP contribution in [0.25, 0.3) is 0 Å². The third-order valence-electron chi connectivity index (χ3n) is 2.66. The quantitative estimate of drug-likeness (QED) is 0.886. The van der Waals surface area contributed by atoms with Crippen LogP contribution in [0.3, 0.4) is 0 Å². The number of halogens is 1. The average Bonchev–Trinajstić information content (AvgIpc) is 2.39. The van der Waals surface area contributed by atoms with Gasteiger partial charge >= 0.3 is 5.97 Å². The van der Waals surface area contributed by atoms with Gasteiger partial charge in [-0.15, -0.1) is 12.4 Å². The van der Waals surface area contributed by atoms with E-state index in [1.807, 2.05) is 36.4 Å². The number of hydrogen-bond donors (Lipinski definition) is 2. The first-order valence-corrected chi connectivity index (χ1v) is 5.95. The molecule has 0 saturated carbocycles. The Bertz CT molecular complexity index is 560. The second kappa shape index (κ2) is 7.53. The molecule has 0 aliphatic heterocycles. The van der Waals surface area contributed by atoms with Crippen molar-refractivity contribution in [3.05, 3.63) is 60.2 Å². The molecule has 0 radical (unpaired) electrons. The molecule has 1 atom stereocenters. The lowest BCUT2D eigenvalue weighted by molar-refractivity contribution is -0.137. The Morgan fingerprint density at radius 2 is 1.75 bits per heavy atom. The summed E-state index contributed by atoms with van der Waals surface area (Å²) in [4.78, 5) is 10.6. The van der Waals surface area contributed by atoms with Gasteiger partial charge in [0.05, 0.1) is 6.42 Å². The highest BCUT2D eigenvalue weighted by Crippen LogP contribution is 2.24. The van der Waals surface area contributed by atoms with E-state index in [1.54, 1.807) is 18.2 Å². The lowest BCUT2D eigenvalue weighted by Crippen LogP contribution is -2.14. The number of aliphatic carboxylic acids is 1. The molecule has 5 heteroatoms. The zero-order valence-electron chi connectivity index (χ0n) is 10.7. The molecule has 0 fully saturated rings. The summed E-state index contributed by atoms with van der Waals surface area (Å²) in [6.07, 6.45) is -0.102. The number of benzene rings is 2. The van der Waals surface area contributed by atoms with E-state index < -0.39 is 12.0 Å². The number of ether oxygens (including phenoxy) is 1. The van der Waals surface area contributed by atoms with E-state index in [4.69, 9.17) is 15.6 Å². The summed E-state index contributed by atoms with van der Waals surface area (Å²) in [5.74, 6) is 0.456. The van der Waals surface area contributed by atoms with Crippen molar-refractivity contribution in [3.63, 3.8) is 0 Å². The van der Waals surface area contributed by atoms with Gasteiger partial charge in [0, 0.05) is 6.04 Å². The number of nitrogens with two attached hydrogens (primary N) is 1. The highest BCUT2D eigenvalue weighted by atomic mass is 35.5. The first-order valence-electron chi connectivity index (χ1n) is 5.95. The minimum atomic E-state index is -0.915. The van der Waals surface area contributed by atoms with Crippen molar-refractivity contribution in [1.82, 2.24) is 0 Å². The fourth-order valence-corrected chi connectivity index (χ4v) is 1.74. The summed E-state index contributed by atoms with van der Waals surface area (Å²) in [6.45, 7) is 0. The molecule has 0 aliphatic carbocycles. The largest absolute Gasteiger partial charge is 0.481 e. The van der Waals surface area contributed by atoms with Gasteiger partial charge < -0.3 is 15.6 Å². The SMILES string of the molecule is Cl.N[C@H](CC(=O)O)c1cccc(Oc2ccccc2)c1. The Balaban J connectivity index is 0.00000200. The normalized spacial score (nSPS) is 11.2. The van der Waals surface area contributed by atoms with Crippen LogP contribution in [-0.4, -0.2) is 11.1 Å². The zero-order valence-corrected chi connectivity index (χ0v) is 11.5. The second-order valence-electron chi connectivity index (χ2n) is 4.19. The van der Waals surface area contributed by atoms with Gasteiger partial charge in [0.2, 0.25) is 0 Å². The van der Waals surface area contributed by atoms with Crippen molar-refractivity contribution in [2.45, 2.75) is 12.5 Å². The Hall–Kier alpha value is -2.04. The molecule has 4 nitrogen and oxygen atoms in total. The van der Waals surface area contributed by atoms with Gasteiger partial charge in [0.25, 0.3) is 0 Å². The fourth-order valence-electron chi connectivity index (χ4n) is 1.74. The molecule has 2 rings (SSSR count). The predicted molar refractivity (Wildman–Crippen MR) is 79.4 cm³/mol. The van der Waals surface area contributed by atoms with E-state index in [2.05, 4.69) is 0 Å². The number of carboxylic acids is 1. The third kappa shape index (κ3) is 4.57. The Labute approximate surface area is 123 Å². The second-order valence-corrected chi connectivity index (χ2v) is 4.19. The fraction of sp³-hybridized carbons (Fsp3) is 0.133. The monoisotopic (exact) mass is 293 g/mol. The molecule has 0 bridgehead atoms. The summed E-state index contributed by atoms with van der Waals surface area (Å²) >= 11 is 0. The third-order valence-corrected chi connectivity index (χ3v) is 2.66. The van der Waals surface area contributed by atoms with Gasteiger partial charge in [-0.05, 0) is 29.8 Å². The molecule has 2 aromatic rings.